The topological polar surface area (TPSA) is 58.4 Å². The highest BCUT2D eigenvalue weighted by Gasteiger charge is 2.16. The number of halogens is 2. The van der Waals surface area contributed by atoms with Gasteiger partial charge in [-0.15, -0.1) is 24.8 Å². The smallest absolute Gasteiger partial charge is 0.251 e. The quantitative estimate of drug-likeness (QED) is 0.793. The van der Waals surface area contributed by atoms with Gasteiger partial charge < -0.3 is 16.0 Å². The highest BCUT2D eigenvalue weighted by molar-refractivity contribution is 5.96. The fourth-order valence-electron chi connectivity index (χ4n) is 2.44. The Balaban J connectivity index is 0.00000264. The molecule has 0 spiro atoms. The van der Waals surface area contributed by atoms with Gasteiger partial charge >= 0.3 is 0 Å². The van der Waals surface area contributed by atoms with Crippen LogP contribution in [0.2, 0.25) is 0 Å². The van der Waals surface area contributed by atoms with E-state index in [1.54, 1.807) is 12.1 Å². The van der Waals surface area contributed by atoms with E-state index >= 15 is 0 Å². The summed E-state index contributed by atoms with van der Waals surface area (Å²) >= 11 is 0. The summed E-state index contributed by atoms with van der Waals surface area (Å²) < 4.78 is 0. The van der Waals surface area contributed by atoms with Crippen molar-refractivity contribution in [2.75, 3.05) is 26.4 Å². The van der Waals surface area contributed by atoms with Crippen LogP contribution in [0.15, 0.2) is 48.5 Å². The van der Waals surface area contributed by atoms with E-state index in [1.165, 1.54) is 5.56 Å². The first-order chi connectivity index (χ1) is 10.5. The summed E-state index contributed by atoms with van der Waals surface area (Å²) in [5, 5.41) is 3.01. The monoisotopic (exact) mass is 369 g/mol. The second kappa shape index (κ2) is 10.2. The number of hydrogen-bond acceptors (Lipinski definition) is 3. The highest BCUT2D eigenvalue weighted by atomic mass is 35.5. The summed E-state index contributed by atoms with van der Waals surface area (Å²) in [5.74, 6) is -0.0902. The minimum atomic E-state index is -0.0902. The first-order valence-corrected chi connectivity index (χ1v) is 7.34. The Kier molecular flexibility index (Phi) is 9.44. The third-order valence-electron chi connectivity index (χ3n) is 3.77. The van der Waals surface area contributed by atoms with E-state index in [9.17, 15) is 4.79 Å². The molecule has 0 saturated heterocycles. The van der Waals surface area contributed by atoms with Gasteiger partial charge in [0.05, 0.1) is 6.04 Å². The van der Waals surface area contributed by atoms with Crippen LogP contribution in [0.3, 0.4) is 0 Å². The van der Waals surface area contributed by atoms with Crippen LogP contribution in [0.5, 0.6) is 0 Å². The number of nitrogen functional groups attached to an aromatic ring is 1. The van der Waals surface area contributed by atoms with Crippen molar-refractivity contribution in [3.05, 3.63) is 65.2 Å². The van der Waals surface area contributed by atoms with Gasteiger partial charge in [0.25, 0.3) is 5.91 Å². The third-order valence-corrected chi connectivity index (χ3v) is 3.77. The Labute approximate surface area is 156 Å². The summed E-state index contributed by atoms with van der Waals surface area (Å²) in [5.41, 5.74) is 9.10. The Hall–Kier alpha value is -1.75. The van der Waals surface area contributed by atoms with Crippen LogP contribution in [0.25, 0.3) is 0 Å². The van der Waals surface area contributed by atoms with E-state index in [1.807, 2.05) is 45.3 Å². The number of aryl methyl sites for hydroxylation is 1. The first-order valence-electron chi connectivity index (χ1n) is 7.34. The number of rotatable bonds is 5. The number of carbonyl (C=O) groups is 1. The van der Waals surface area contributed by atoms with Gasteiger partial charge in [0.1, 0.15) is 0 Å². The van der Waals surface area contributed by atoms with Gasteiger partial charge in [-0.1, -0.05) is 36.4 Å². The van der Waals surface area contributed by atoms with Crippen LogP contribution in [0.4, 0.5) is 5.69 Å². The average Bonchev–Trinajstić information content (AvgIpc) is 2.50. The van der Waals surface area contributed by atoms with Crippen LogP contribution in [0.1, 0.15) is 27.5 Å². The van der Waals surface area contributed by atoms with Gasteiger partial charge in [0.15, 0.2) is 0 Å². The first kappa shape index (κ1) is 22.2. The number of carbonyl (C=O) groups excluding carboxylic acids is 1. The number of amides is 1. The van der Waals surface area contributed by atoms with Crippen molar-refractivity contribution < 1.29 is 4.79 Å². The van der Waals surface area contributed by atoms with Crippen molar-refractivity contribution >= 4 is 36.4 Å². The van der Waals surface area contributed by atoms with E-state index in [4.69, 9.17) is 5.73 Å². The number of nitrogens with two attached hydrogens (primary N) is 1. The maximum Gasteiger partial charge on any atom is 0.251 e. The maximum atomic E-state index is 12.4. The summed E-state index contributed by atoms with van der Waals surface area (Å²) in [6, 6.07) is 15.7. The van der Waals surface area contributed by atoms with Crippen LogP contribution in [0, 0.1) is 6.92 Å². The molecule has 0 aliphatic heterocycles. The standard InChI is InChI=1S/C18H23N3O.2ClH/c1-13-9-10-15(19)11-16(13)18(22)20-12-17(21(2)3)14-7-5-4-6-8-14;;/h4-11,17H,12,19H2,1-3H3,(H,20,22);2*1H. The van der Waals surface area contributed by atoms with Crippen molar-refractivity contribution in [3.8, 4) is 0 Å². The summed E-state index contributed by atoms with van der Waals surface area (Å²) in [7, 11) is 4.02. The fraction of sp³-hybridized carbons (Fsp3) is 0.278. The van der Waals surface area contributed by atoms with Gasteiger partial charge in [-0.2, -0.15) is 0 Å². The lowest BCUT2D eigenvalue weighted by molar-refractivity contribution is 0.0941. The number of likely N-dealkylation sites (N-methyl/N-ethyl adjacent to an activating group) is 1. The molecule has 2 rings (SSSR count). The molecule has 0 fully saturated rings. The number of hydrogen-bond donors (Lipinski definition) is 2. The van der Waals surface area contributed by atoms with Gasteiger partial charge in [-0.3, -0.25) is 4.79 Å². The van der Waals surface area contributed by atoms with Gasteiger partial charge in [-0.25, -0.2) is 0 Å². The zero-order chi connectivity index (χ0) is 16.1. The van der Waals surface area contributed by atoms with Crippen LogP contribution in [-0.4, -0.2) is 31.4 Å². The van der Waals surface area contributed by atoms with Gasteiger partial charge in [-0.05, 0) is 44.3 Å². The number of benzene rings is 2. The molecule has 0 bridgehead atoms. The molecule has 0 aliphatic rings. The van der Waals surface area contributed by atoms with Gasteiger partial charge in [0, 0.05) is 17.8 Å². The van der Waals surface area contributed by atoms with Gasteiger partial charge in [0.2, 0.25) is 0 Å². The molecule has 1 amide bonds. The summed E-state index contributed by atoms with van der Waals surface area (Å²) in [6.07, 6.45) is 0. The lowest BCUT2D eigenvalue weighted by Crippen LogP contribution is -2.34. The summed E-state index contributed by atoms with van der Waals surface area (Å²) in [4.78, 5) is 14.5. The molecular formula is C18H25Cl2N3O. The van der Waals surface area contributed by atoms with Crippen molar-refractivity contribution in [2.24, 2.45) is 0 Å². The molecule has 0 aromatic heterocycles. The maximum absolute atomic E-state index is 12.4. The molecule has 0 aliphatic carbocycles. The largest absolute Gasteiger partial charge is 0.399 e. The SMILES string of the molecule is Cc1ccc(N)cc1C(=O)NCC(c1ccccc1)N(C)C.Cl.Cl. The van der Waals surface area contributed by atoms with E-state index in [2.05, 4.69) is 22.3 Å². The van der Waals surface area contributed by atoms with E-state index in [-0.39, 0.29) is 36.8 Å². The van der Waals surface area contributed by atoms with Crippen molar-refractivity contribution in [1.82, 2.24) is 10.2 Å². The van der Waals surface area contributed by atoms with E-state index < -0.39 is 0 Å². The molecule has 1 atom stereocenters. The second-order valence-corrected chi connectivity index (χ2v) is 5.67. The molecule has 132 valence electrons. The summed E-state index contributed by atoms with van der Waals surface area (Å²) in [6.45, 7) is 2.46. The number of anilines is 1. The van der Waals surface area contributed by atoms with Crippen molar-refractivity contribution in [3.63, 3.8) is 0 Å². The Morgan fingerprint density at radius 3 is 2.33 bits per heavy atom. The molecule has 0 radical (unpaired) electrons. The van der Waals surface area contributed by atoms with Crippen LogP contribution < -0.4 is 11.1 Å². The highest BCUT2D eigenvalue weighted by Crippen LogP contribution is 2.17. The Bertz CT molecular complexity index is 648. The van der Waals surface area contributed by atoms with Crippen LogP contribution >= 0.6 is 24.8 Å². The fourth-order valence-corrected chi connectivity index (χ4v) is 2.44. The molecule has 0 heterocycles. The van der Waals surface area contributed by atoms with Crippen molar-refractivity contribution in [1.29, 1.82) is 0 Å². The molecule has 6 heteroatoms. The van der Waals surface area contributed by atoms with E-state index in [0.29, 0.717) is 17.8 Å². The molecule has 4 nitrogen and oxygen atoms in total. The molecule has 3 N–H and O–H groups in total. The minimum absolute atomic E-state index is 0. The zero-order valence-electron chi connectivity index (χ0n) is 14.2. The normalized spacial score (nSPS) is 11.2. The molecule has 24 heavy (non-hydrogen) atoms. The predicted octanol–water partition coefficient (Wildman–Crippen LogP) is 3.45. The lowest BCUT2D eigenvalue weighted by Gasteiger charge is -2.25. The minimum Gasteiger partial charge on any atom is -0.399 e. The average molecular weight is 370 g/mol. The predicted molar refractivity (Wildman–Crippen MR) is 105 cm³/mol. The molecule has 2 aromatic carbocycles. The molecular weight excluding hydrogens is 345 g/mol. The Morgan fingerprint density at radius 1 is 1.12 bits per heavy atom. The third kappa shape index (κ3) is 5.71. The zero-order valence-corrected chi connectivity index (χ0v) is 15.8. The molecule has 0 saturated carbocycles. The molecule has 2 aromatic rings. The molecule has 1 unspecified atom stereocenters. The Morgan fingerprint density at radius 2 is 1.75 bits per heavy atom. The lowest BCUT2D eigenvalue weighted by atomic mass is 10.0. The van der Waals surface area contributed by atoms with E-state index in [0.717, 1.165) is 5.56 Å². The number of nitrogens with zero attached hydrogens (tertiary/aromatic N) is 1. The second-order valence-electron chi connectivity index (χ2n) is 5.67. The van der Waals surface area contributed by atoms with Crippen LogP contribution in [-0.2, 0) is 0 Å². The number of nitrogens with one attached hydrogen (secondary N) is 1. The van der Waals surface area contributed by atoms with Crippen molar-refractivity contribution in [2.45, 2.75) is 13.0 Å².